The van der Waals surface area contributed by atoms with E-state index in [0.29, 0.717) is 38.2 Å². The van der Waals surface area contributed by atoms with Crippen LogP contribution in [0, 0.1) is 17.2 Å². The number of pyridine rings is 1. The first kappa shape index (κ1) is 17.0. The number of piperidine rings is 1. The van der Waals surface area contributed by atoms with Crippen LogP contribution in [0.4, 0.5) is 5.69 Å². The topological polar surface area (TPSA) is 75.3 Å². The van der Waals surface area contributed by atoms with Crippen LogP contribution in [0.1, 0.15) is 25.3 Å². The van der Waals surface area contributed by atoms with E-state index in [0.717, 1.165) is 10.9 Å². The van der Waals surface area contributed by atoms with Crippen LogP contribution in [-0.2, 0) is 16.6 Å². The van der Waals surface area contributed by atoms with Crippen LogP contribution in [0.25, 0.3) is 10.9 Å². The number of anilines is 1. The third-order valence-corrected chi connectivity index (χ3v) is 4.82. The maximum absolute atomic E-state index is 12.6. The summed E-state index contributed by atoms with van der Waals surface area (Å²) in [6, 6.07) is 9.68. The smallest absolute Gasteiger partial charge is 0.309 e. The summed E-state index contributed by atoms with van der Waals surface area (Å²) in [5, 5.41) is 10.4. The molecule has 1 aliphatic rings. The van der Waals surface area contributed by atoms with E-state index in [9.17, 15) is 14.9 Å². The quantitative estimate of drug-likeness (QED) is 0.801. The Balaban J connectivity index is 2.00. The third-order valence-electron chi connectivity index (χ3n) is 4.82. The number of ether oxygens (including phenoxy) is 1. The number of rotatable bonds is 3. The summed E-state index contributed by atoms with van der Waals surface area (Å²) in [6.07, 6.45) is 1.32. The van der Waals surface area contributed by atoms with Gasteiger partial charge in [-0.2, -0.15) is 5.26 Å². The van der Waals surface area contributed by atoms with Gasteiger partial charge in [-0.05, 0) is 25.8 Å². The first-order chi connectivity index (χ1) is 12.1. The van der Waals surface area contributed by atoms with Crippen molar-refractivity contribution in [3.05, 3.63) is 40.2 Å². The normalized spacial score (nSPS) is 15.2. The van der Waals surface area contributed by atoms with Crippen molar-refractivity contribution in [3.63, 3.8) is 0 Å². The molecule has 25 heavy (non-hydrogen) atoms. The van der Waals surface area contributed by atoms with Crippen molar-refractivity contribution in [1.82, 2.24) is 4.57 Å². The molecule has 1 aromatic heterocycles. The van der Waals surface area contributed by atoms with Gasteiger partial charge in [-0.1, -0.05) is 18.2 Å². The van der Waals surface area contributed by atoms with Gasteiger partial charge in [-0.15, -0.1) is 0 Å². The molecule has 0 N–H and O–H groups in total. The van der Waals surface area contributed by atoms with Gasteiger partial charge in [0.15, 0.2) is 0 Å². The Hall–Kier alpha value is -2.81. The molecule has 0 saturated carbocycles. The van der Waals surface area contributed by atoms with Gasteiger partial charge in [0, 0.05) is 25.5 Å². The van der Waals surface area contributed by atoms with Crippen molar-refractivity contribution in [2.45, 2.75) is 19.8 Å². The second-order valence-electron chi connectivity index (χ2n) is 6.23. The molecule has 6 heteroatoms. The molecule has 2 aromatic rings. The maximum Gasteiger partial charge on any atom is 0.309 e. The lowest BCUT2D eigenvalue weighted by Gasteiger charge is -2.33. The summed E-state index contributed by atoms with van der Waals surface area (Å²) in [5.41, 5.74) is 1.36. The number of para-hydroxylation sites is 1. The predicted octanol–water partition coefficient (Wildman–Crippen LogP) is 2.19. The van der Waals surface area contributed by atoms with E-state index in [1.54, 1.807) is 14.0 Å². The lowest BCUT2D eigenvalue weighted by atomic mass is 9.95. The van der Waals surface area contributed by atoms with Gasteiger partial charge in [-0.25, -0.2) is 0 Å². The number of aromatic nitrogens is 1. The fourth-order valence-corrected chi connectivity index (χ4v) is 3.51. The number of fused-ring (bicyclic) bond motifs is 1. The lowest BCUT2D eigenvalue weighted by molar-refractivity contribution is -0.148. The summed E-state index contributed by atoms with van der Waals surface area (Å²) >= 11 is 0. The molecule has 1 saturated heterocycles. The minimum absolute atomic E-state index is 0.112. The minimum atomic E-state index is -0.288. The van der Waals surface area contributed by atoms with Crippen molar-refractivity contribution in [1.29, 1.82) is 5.26 Å². The Kier molecular flexibility index (Phi) is 4.75. The summed E-state index contributed by atoms with van der Waals surface area (Å²) in [5.74, 6) is -0.268. The highest BCUT2D eigenvalue weighted by molar-refractivity contribution is 5.95. The van der Waals surface area contributed by atoms with Crippen molar-refractivity contribution < 1.29 is 9.53 Å². The highest BCUT2D eigenvalue weighted by Gasteiger charge is 2.29. The van der Waals surface area contributed by atoms with Crippen LogP contribution < -0.4 is 10.5 Å². The third kappa shape index (κ3) is 2.98. The number of benzene rings is 1. The number of carbonyl (C=O) groups is 1. The van der Waals surface area contributed by atoms with E-state index in [1.165, 1.54) is 4.57 Å². The summed E-state index contributed by atoms with van der Waals surface area (Å²) in [6.45, 7) is 3.43. The zero-order valence-electron chi connectivity index (χ0n) is 14.5. The largest absolute Gasteiger partial charge is 0.466 e. The fourth-order valence-electron chi connectivity index (χ4n) is 3.51. The zero-order valence-corrected chi connectivity index (χ0v) is 14.5. The zero-order chi connectivity index (χ0) is 18.0. The number of carbonyl (C=O) groups excluding carboxylic acids is 1. The Bertz CT molecular complexity index is 902. The van der Waals surface area contributed by atoms with E-state index in [-0.39, 0.29) is 23.0 Å². The lowest BCUT2D eigenvalue weighted by Crippen LogP contribution is -2.38. The molecule has 1 aromatic carbocycles. The predicted molar refractivity (Wildman–Crippen MR) is 95.5 cm³/mol. The van der Waals surface area contributed by atoms with Crippen molar-refractivity contribution >= 4 is 22.6 Å². The summed E-state index contributed by atoms with van der Waals surface area (Å²) < 4.78 is 6.63. The average molecular weight is 339 g/mol. The second kappa shape index (κ2) is 6.98. The number of hydrogen-bond donors (Lipinski definition) is 0. The minimum Gasteiger partial charge on any atom is -0.466 e. The second-order valence-corrected chi connectivity index (χ2v) is 6.23. The fraction of sp³-hybridized carbons (Fsp3) is 0.421. The van der Waals surface area contributed by atoms with Crippen LogP contribution in [0.15, 0.2) is 29.1 Å². The van der Waals surface area contributed by atoms with Gasteiger partial charge in [0.1, 0.15) is 11.6 Å². The van der Waals surface area contributed by atoms with E-state index < -0.39 is 0 Å². The molecule has 0 aliphatic carbocycles. The molecule has 3 rings (SSSR count). The van der Waals surface area contributed by atoms with Crippen molar-refractivity contribution in [3.8, 4) is 6.07 Å². The highest BCUT2D eigenvalue weighted by Crippen LogP contribution is 2.31. The summed E-state index contributed by atoms with van der Waals surface area (Å²) in [4.78, 5) is 26.6. The molecule has 2 heterocycles. The first-order valence-corrected chi connectivity index (χ1v) is 8.51. The monoisotopic (exact) mass is 339 g/mol. The van der Waals surface area contributed by atoms with Crippen LogP contribution in [0.5, 0.6) is 0 Å². The van der Waals surface area contributed by atoms with E-state index in [1.807, 2.05) is 24.3 Å². The standard InChI is InChI=1S/C19H21N3O3/c1-3-25-19(24)13-8-10-22(11-9-13)17-14-6-4-5-7-16(14)21(2)18(23)15(17)12-20/h4-7,13H,3,8-11H2,1-2H3. The van der Waals surface area contributed by atoms with Gasteiger partial charge >= 0.3 is 5.97 Å². The van der Waals surface area contributed by atoms with Crippen LogP contribution in [0.3, 0.4) is 0 Å². The van der Waals surface area contributed by atoms with Crippen molar-refractivity contribution in [2.24, 2.45) is 13.0 Å². The molecular weight excluding hydrogens is 318 g/mol. The van der Waals surface area contributed by atoms with Crippen molar-refractivity contribution in [2.75, 3.05) is 24.6 Å². The highest BCUT2D eigenvalue weighted by atomic mass is 16.5. The Morgan fingerprint density at radius 1 is 1.32 bits per heavy atom. The van der Waals surface area contributed by atoms with Gasteiger partial charge in [0.2, 0.25) is 0 Å². The maximum atomic E-state index is 12.6. The molecule has 1 fully saturated rings. The van der Waals surface area contributed by atoms with E-state index in [4.69, 9.17) is 4.74 Å². The van der Waals surface area contributed by atoms with E-state index in [2.05, 4.69) is 11.0 Å². The molecule has 1 aliphatic heterocycles. The molecule has 0 radical (unpaired) electrons. The molecule has 6 nitrogen and oxygen atoms in total. The van der Waals surface area contributed by atoms with Gasteiger partial charge in [-0.3, -0.25) is 9.59 Å². The van der Waals surface area contributed by atoms with E-state index >= 15 is 0 Å². The summed E-state index contributed by atoms with van der Waals surface area (Å²) in [7, 11) is 1.68. The average Bonchev–Trinajstić information content (AvgIpc) is 2.65. The molecule has 0 bridgehead atoms. The van der Waals surface area contributed by atoms with Crippen LogP contribution in [-0.4, -0.2) is 30.2 Å². The van der Waals surface area contributed by atoms with Gasteiger partial charge < -0.3 is 14.2 Å². The van der Waals surface area contributed by atoms with Crippen LogP contribution in [0.2, 0.25) is 0 Å². The van der Waals surface area contributed by atoms with Crippen LogP contribution >= 0.6 is 0 Å². The Labute approximate surface area is 146 Å². The molecule has 0 spiro atoms. The van der Waals surface area contributed by atoms with Gasteiger partial charge in [0.25, 0.3) is 5.56 Å². The molecular formula is C19H21N3O3. The van der Waals surface area contributed by atoms with Gasteiger partial charge in [0.05, 0.1) is 23.7 Å². The number of esters is 1. The Morgan fingerprint density at radius 2 is 2.00 bits per heavy atom. The Morgan fingerprint density at radius 3 is 2.64 bits per heavy atom. The number of aryl methyl sites for hydroxylation is 1. The first-order valence-electron chi connectivity index (χ1n) is 8.51. The number of nitrogens with zero attached hydrogens (tertiary/aromatic N) is 3. The molecule has 130 valence electrons. The SMILES string of the molecule is CCOC(=O)C1CCN(c2c(C#N)c(=O)n(C)c3ccccc23)CC1. The number of nitriles is 1. The molecule has 0 unspecified atom stereocenters. The molecule has 0 atom stereocenters. The molecule has 0 amide bonds. The number of hydrogen-bond acceptors (Lipinski definition) is 5.